The second-order valence-corrected chi connectivity index (χ2v) is 16.6. The molecule has 5 amide bonds. The number of ether oxygens (including phenoxy) is 1. The van der Waals surface area contributed by atoms with Gasteiger partial charge in [0, 0.05) is 61.7 Å². The first kappa shape index (κ1) is 47.4. The molecule has 1 saturated carbocycles. The van der Waals surface area contributed by atoms with E-state index >= 15 is 0 Å². The SMILES string of the molecule is Cc1cc(C(=O)N2CCN(C(=O)O)CC2)ccc1-c1ccc(C[C@H](NC(=O)[C@H]2CC[C@H](CNC(=O)OC(C)(C)C)CC2)C(=O)Nc2ccc3cn[nH]c3c2)cc1.O=C(O)C(F)(F)F. The molecule has 1 atom stereocenters. The van der Waals surface area contributed by atoms with Gasteiger partial charge in [-0.05, 0) is 112 Å². The number of anilines is 1. The summed E-state index contributed by atoms with van der Waals surface area (Å²) in [6.07, 6.45) is -1.69. The summed E-state index contributed by atoms with van der Waals surface area (Å²) in [6.45, 7) is 9.17. The highest BCUT2D eigenvalue weighted by Crippen LogP contribution is 2.30. The minimum absolute atomic E-state index is 0.126. The molecule has 63 heavy (non-hydrogen) atoms. The smallest absolute Gasteiger partial charge is 0.475 e. The van der Waals surface area contributed by atoms with E-state index in [1.54, 1.807) is 29.3 Å². The molecule has 1 aromatic heterocycles. The first-order valence-electron chi connectivity index (χ1n) is 20.4. The van der Waals surface area contributed by atoms with Gasteiger partial charge < -0.3 is 40.7 Å². The number of carboxylic acids is 1. The maximum Gasteiger partial charge on any atom is 0.490 e. The minimum Gasteiger partial charge on any atom is -0.475 e. The van der Waals surface area contributed by atoms with E-state index in [1.165, 1.54) is 4.90 Å². The van der Waals surface area contributed by atoms with Crippen LogP contribution in [0.3, 0.4) is 0 Å². The highest BCUT2D eigenvalue weighted by molar-refractivity contribution is 5.99. The van der Waals surface area contributed by atoms with E-state index in [0.717, 1.165) is 46.0 Å². The van der Waals surface area contributed by atoms with Crippen molar-refractivity contribution >= 4 is 52.5 Å². The molecule has 0 unspecified atom stereocenters. The summed E-state index contributed by atoms with van der Waals surface area (Å²) in [7, 11) is 0. The molecule has 4 aromatic rings. The fraction of sp³-hybridized carbons (Fsp3) is 0.432. The van der Waals surface area contributed by atoms with Gasteiger partial charge in [0.2, 0.25) is 11.8 Å². The van der Waals surface area contributed by atoms with Gasteiger partial charge in [-0.1, -0.05) is 30.3 Å². The zero-order valence-corrected chi connectivity index (χ0v) is 35.4. The Bertz CT molecular complexity index is 2280. The molecule has 2 fully saturated rings. The lowest BCUT2D eigenvalue weighted by Crippen LogP contribution is -2.50. The average molecular weight is 880 g/mol. The van der Waals surface area contributed by atoms with E-state index in [1.807, 2.05) is 70.2 Å². The van der Waals surface area contributed by atoms with E-state index in [4.69, 9.17) is 14.6 Å². The summed E-state index contributed by atoms with van der Waals surface area (Å²) in [6, 6.07) is 18.0. The summed E-state index contributed by atoms with van der Waals surface area (Å²) < 4.78 is 37.1. The first-order chi connectivity index (χ1) is 29.7. The quantitative estimate of drug-likeness (QED) is 0.100. The molecule has 2 aliphatic rings. The molecule has 1 aliphatic carbocycles. The van der Waals surface area contributed by atoms with Gasteiger partial charge >= 0.3 is 24.3 Å². The minimum atomic E-state index is -5.08. The summed E-state index contributed by atoms with van der Waals surface area (Å²) in [4.78, 5) is 76.0. The number of carbonyl (C=O) groups excluding carboxylic acids is 4. The lowest BCUT2D eigenvalue weighted by molar-refractivity contribution is -0.192. The third-order valence-electron chi connectivity index (χ3n) is 10.8. The van der Waals surface area contributed by atoms with Gasteiger partial charge in [0.25, 0.3) is 5.91 Å². The molecule has 0 radical (unpaired) electrons. The first-order valence-corrected chi connectivity index (χ1v) is 20.4. The van der Waals surface area contributed by atoms with Crippen LogP contribution in [0.1, 0.15) is 67.9 Å². The lowest BCUT2D eigenvalue weighted by atomic mass is 9.81. The molecule has 1 saturated heterocycles. The molecule has 0 spiro atoms. The number of carbonyl (C=O) groups is 6. The Morgan fingerprint density at radius 3 is 2.10 bits per heavy atom. The van der Waals surface area contributed by atoms with Gasteiger partial charge in [-0.2, -0.15) is 18.3 Å². The van der Waals surface area contributed by atoms with Gasteiger partial charge in [-0.25, -0.2) is 14.4 Å². The van der Waals surface area contributed by atoms with Crippen molar-refractivity contribution in [2.75, 3.05) is 38.0 Å². The number of fused-ring (bicyclic) bond motifs is 1. The van der Waals surface area contributed by atoms with E-state index in [2.05, 4.69) is 26.1 Å². The third kappa shape index (κ3) is 13.7. The number of hydrogen-bond donors (Lipinski definition) is 6. The van der Waals surface area contributed by atoms with Crippen molar-refractivity contribution in [2.45, 2.75) is 77.6 Å². The fourth-order valence-corrected chi connectivity index (χ4v) is 7.37. The number of rotatable bonds is 10. The topological polar surface area (TPSA) is 223 Å². The molecule has 3 aromatic carbocycles. The van der Waals surface area contributed by atoms with Crippen molar-refractivity contribution in [3.63, 3.8) is 0 Å². The Labute approximate surface area is 361 Å². The second kappa shape index (κ2) is 20.5. The molecular formula is C44H52F3N7O9. The van der Waals surface area contributed by atoms with Crippen molar-refractivity contribution in [3.05, 3.63) is 83.6 Å². The number of hydrogen-bond acceptors (Lipinski definition) is 8. The van der Waals surface area contributed by atoms with Gasteiger partial charge in [-0.15, -0.1) is 0 Å². The maximum atomic E-state index is 13.8. The van der Waals surface area contributed by atoms with Crippen LogP contribution in [0, 0.1) is 18.8 Å². The zero-order chi connectivity index (χ0) is 46.1. The van der Waals surface area contributed by atoms with Gasteiger partial charge in [-0.3, -0.25) is 19.5 Å². The van der Waals surface area contributed by atoms with Crippen LogP contribution in [-0.2, 0) is 25.5 Å². The number of carboxylic acid groups (broad SMARTS) is 2. The Kier molecular flexibility index (Phi) is 15.4. The van der Waals surface area contributed by atoms with Crippen molar-refractivity contribution < 1.29 is 56.9 Å². The summed E-state index contributed by atoms with van der Waals surface area (Å²) in [5.74, 6) is -3.40. The van der Waals surface area contributed by atoms with Crippen LogP contribution in [0.5, 0.6) is 0 Å². The summed E-state index contributed by atoms with van der Waals surface area (Å²) in [5.41, 5.74) is 5.02. The number of nitrogens with one attached hydrogen (secondary N) is 4. The van der Waals surface area contributed by atoms with Crippen LogP contribution >= 0.6 is 0 Å². The molecule has 16 nitrogen and oxygen atoms in total. The summed E-state index contributed by atoms with van der Waals surface area (Å²) >= 11 is 0. The van der Waals surface area contributed by atoms with Crippen molar-refractivity contribution in [3.8, 4) is 11.1 Å². The van der Waals surface area contributed by atoms with Crippen LogP contribution in [0.15, 0.2) is 66.9 Å². The Morgan fingerprint density at radius 1 is 0.873 bits per heavy atom. The molecule has 338 valence electrons. The van der Waals surface area contributed by atoms with Crippen LogP contribution in [0.4, 0.5) is 28.4 Å². The number of aryl methyl sites for hydroxylation is 1. The third-order valence-corrected chi connectivity index (χ3v) is 10.8. The number of halogens is 3. The largest absolute Gasteiger partial charge is 0.490 e. The van der Waals surface area contributed by atoms with Crippen molar-refractivity contribution in [2.24, 2.45) is 11.8 Å². The van der Waals surface area contributed by atoms with E-state index in [0.29, 0.717) is 43.7 Å². The van der Waals surface area contributed by atoms with Gasteiger partial charge in [0.1, 0.15) is 11.6 Å². The fourth-order valence-electron chi connectivity index (χ4n) is 7.37. The normalized spacial score (nSPS) is 17.1. The van der Waals surface area contributed by atoms with Crippen LogP contribution in [0.2, 0.25) is 0 Å². The number of benzene rings is 3. The number of H-pyrrole nitrogens is 1. The van der Waals surface area contributed by atoms with Crippen LogP contribution in [0.25, 0.3) is 22.0 Å². The standard InChI is InChI=1S/C42H51N7O7.C2HF3O2/c1-26-21-31(39(52)48-17-19-49(20-18-48)41(54)55)14-16-34(26)29-9-5-27(6-10-29)22-36(38(51)45-33-15-13-32-25-44-47-35(32)23-33)46-37(50)30-11-7-28(8-12-30)24-43-40(53)56-42(2,3)4;3-2(4,5)1(6)7/h5-6,9-10,13-16,21,23,25,28,30,36H,7-8,11-12,17-20,22,24H2,1-4H3,(H,43,53)(H,44,47)(H,45,51)(H,46,50)(H,54,55);(H,6,7)/t28-,30-,36-;/m0./s1. The molecule has 2 heterocycles. The zero-order valence-electron chi connectivity index (χ0n) is 35.4. The molecular weight excluding hydrogens is 828 g/mol. The number of aromatic amines is 1. The monoisotopic (exact) mass is 879 g/mol. The number of aliphatic carboxylic acids is 1. The Morgan fingerprint density at radius 2 is 1.51 bits per heavy atom. The van der Waals surface area contributed by atoms with Crippen LogP contribution in [-0.4, -0.2) is 117 Å². The van der Waals surface area contributed by atoms with Gasteiger partial charge in [0.05, 0.1) is 11.7 Å². The molecule has 19 heteroatoms. The Balaban J connectivity index is 0.000000985. The number of amides is 5. The highest BCUT2D eigenvalue weighted by atomic mass is 19.4. The van der Waals surface area contributed by atoms with Gasteiger partial charge in [0.15, 0.2) is 0 Å². The predicted octanol–water partition coefficient (Wildman–Crippen LogP) is 6.60. The van der Waals surface area contributed by atoms with E-state index in [9.17, 15) is 42.3 Å². The molecule has 1 aliphatic heterocycles. The summed E-state index contributed by atoms with van der Waals surface area (Å²) in [5, 5.41) is 33.1. The van der Waals surface area contributed by atoms with Crippen molar-refractivity contribution in [1.82, 2.24) is 30.6 Å². The number of alkyl halides is 3. The number of nitrogens with zero attached hydrogens (tertiary/aromatic N) is 3. The lowest BCUT2D eigenvalue weighted by Gasteiger charge is -2.33. The second-order valence-electron chi connectivity index (χ2n) is 16.6. The average Bonchev–Trinajstić information content (AvgIpc) is 3.70. The molecule has 6 rings (SSSR count). The maximum absolute atomic E-state index is 13.8. The van der Waals surface area contributed by atoms with E-state index < -0.39 is 36.0 Å². The van der Waals surface area contributed by atoms with Crippen molar-refractivity contribution in [1.29, 1.82) is 0 Å². The Hall–Kier alpha value is -6.66. The number of alkyl carbamates (subject to hydrolysis) is 1. The molecule has 6 N–H and O–H groups in total. The van der Waals surface area contributed by atoms with E-state index in [-0.39, 0.29) is 49.1 Å². The predicted molar refractivity (Wildman–Crippen MR) is 226 cm³/mol. The molecule has 0 bridgehead atoms. The number of aromatic nitrogens is 2. The van der Waals surface area contributed by atoms with Crippen LogP contribution < -0.4 is 16.0 Å². The highest BCUT2D eigenvalue weighted by Gasteiger charge is 2.38. The number of piperazine rings is 1.